The molecule has 0 heterocycles. The normalized spacial score (nSPS) is 10.4. The van der Waals surface area contributed by atoms with Crippen molar-refractivity contribution in [1.82, 2.24) is 0 Å². The van der Waals surface area contributed by atoms with Crippen LogP contribution in [-0.2, 0) is 19.6 Å². The fourth-order valence-corrected chi connectivity index (χ4v) is 0. The Morgan fingerprint density at radius 3 is 1.20 bits per heavy atom. The molecule has 0 aromatic heterocycles. The van der Waals surface area contributed by atoms with Crippen molar-refractivity contribution in [3.8, 4) is 0 Å². The summed E-state index contributed by atoms with van der Waals surface area (Å²) in [5.41, 5.74) is 0. The van der Waals surface area contributed by atoms with Crippen LogP contribution in [0, 0.1) is 0 Å². The van der Waals surface area contributed by atoms with Crippen molar-refractivity contribution in [2.45, 2.75) is 0 Å². The second-order valence-corrected chi connectivity index (χ2v) is 2.13. The van der Waals surface area contributed by atoms with Crippen molar-refractivity contribution in [2.75, 3.05) is 0 Å². The molecule has 0 bridgehead atoms. The first-order valence-electron chi connectivity index (χ1n) is 1.16. The van der Waals surface area contributed by atoms with E-state index in [4.69, 9.17) is 19.2 Å². The number of halogens is 3. The van der Waals surface area contributed by atoms with Crippen LogP contribution in [0.3, 0.4) is 0 Å². The fraction of sp³-hybridized carbons (Fsp3) is 0. The van der Waals surface area contributed by atoms with Gasteiger partial charge < -0.3 is 16.1 Å². The molecule has 0 aromatic rings. The predicted molar refractivity (Wildman–Crippen MR) is 18.7 cm³/mol. The molecule has 4 nitrogen and oxygen atoms in total. The molecule has 10 heavy (non-hydrogen) atoms. The molecular formula is H4CoF3NaO4P. The van der Waals surface area contributed by atoms with E-state index in [-0.39, 0.29) is 31.0 Å². The summed E-state index contributed by atoms with van der Waals surface area (Å²) < 4.78 is 38.1. The predicted octanol–water partition coefficient (Wildman–Crippen LogP) is -2.55. The largest absolute Gasteiger partial charge is 1.00 e. The monoisotopic (exact) mass is 238 g/mol. The summed E-state index contributed by atoms with van der Waals surface area (Å²) in [6.07, 6.45) is 0. The maximum Gasteiger partial charge on any atom is 1.00 e. The van der Waals surface area contributed by atoms with E-state index < -0.39 is 22.8 Å². The zero-order chi connectivity index (χ0) is 8.08. The van der Waals surface area contributed by atoms with E-state index in [1.165, 1.54) is 0 Å². The van der Waals surface area contributed by atoms with Gasteiger partial charge in [-0.05, 0) is 0 Å². The van der Waals surface area contributed by atoms with Crippen LogP contribution < -0.4 is 29.6 Å². The molecule has 0 atom stereocenters. The van der Waals surface area contributed by atoms with Crippen molar-refractivity contribution in [2.24, 2.45) is 0 Å². The average molecular weight is 238 g/mol. The standard InChI is InChI=1S/Co.3FH.Na.H3O4P.H/c;;;;;1-5(2,3)4;/h;3*1H;;(H3,1,2,3,4);/q+3;;;;+1;;-1/p-3. The van der Waals surface area contributed by atoms with E-state index in [1.54, 1.807) is 0 Å². The number of hydrogen-bond acceptors (Lipinski definition) is 1. The minimum absolute atomic E-state index is 0. The topological polar surface area (TPSA) is 77.8 Å². The van der Waals surface area contributed by atoms with Gasteiger partial charge in [0, 0.05) is 0 Å². The van der Waals surface area contributed by atoms with Crippen LogP contribution in [0.4, 0.5) is 10.7 Å². The van der Waals surface area contributed by atoms with Crippen molar-refractivity contribution in [3.05, 3.63) is 0 Å². The Hall–Kier alpha value is 1.41. The van der Waals surface area contributed by atoms with Crippen LogP contribution in [0.5, 0.6) is 0 Å². The molecule has 0 saturated heterocycles. The van der Waals surface area contributed by atoms with Crippen molar-refractivity contribution < 1.29 is 76.0 Å². The molecule has 0 amide bonds. The molecule has 3 N–H and O–H groups in total. The number of hydrogen-bond donors (Lipinski definition) is 3. The molecule has 0 saturated carbocycles. The Morgan fingerprint density at radius 2 is 1.20 bits per heavy atom. The summed E-state index contributed by atoms with van der Waals surface area (Å²) in [6.45, 7) is 0. The van der Waals surface area contributed by atoms with Crippen LogP contribution in [0.2, 0.25) is 0 Å². The molecule has 0 unspecified atom stereocenters. The van der Waals surface area contributed by atoms with Crippen LogP contribution in [0.25, 0.3) is 0 Å². The fourth-order valence-electron chi connectivity index (χ4n) is 0. The Balaban J connectivity index is -0.0000000383. The Labute approximate surface area is 83.6 Å². The molecule has 10 heteroatoms. The summed E-state index contributed by atoms with van der Waals surface area (Å²) >= 11 is -4.10. The van der Waals surface area contributed by atoms with Crippen molar-refractivity contribution in [3.63, 3.8) is 0 Å². The summed E-state index contributed by atoms with van der Waals surface area (Å²) in [5.74, 6) is 0. The van der Waals surface area contributed by atoms with E-state index in [2.05, 4.69) is 0 Å². The van der Waals surface area contributed by atoms with Gasteiger partial charge in [-0.2, -0.15) is 0 Å². The summed E-state index contributed by atoms with van der Waals surface area (Å²) in [7, 11) is -4.64. The van der Waals surface area contributed by atoms with Gasteiger partial charge in [0.1, 0.15) is 0 Å². The molecular weight excluding hydrogens is 234 g/mol. The molecule has 64 valence electrons. The number of phosphoric acid groups is 1. The first kappa shape index (κ1) is 17.5. The Bertz CT molecular complexity index is 96.5. The third-order valence-corrected chi connectivity index (χ3v) is 0. The van der Waals surface area contributed by atoms with Crippen LogP contribution in [0.15, 0.2) is 0 Å². The molecule has 0 aliphatic carbocycles. The van der Waals surface area contributed by atoms with Gasteiger partial charge in [-0.15, -0.1) is 0 Å². The van der Waals surface area contributed by atoms with E-state index in [0.717, 1.165) is 0 Å². The SMILES string of the molecule is O=P(O)(O)O.[F][Co]([F])[F].[H-].[Na+]. The zero-order valence-electron chi connectivity index (χ0n) is 5.66. The second-order valence-electron chi connectivity index (χ2n) is 0.656. The molecule has 0 spiro atoms. The summed E-state index contributed by atoms with van der Waals surface area (Å²) in [6, 6.07) is 0. The van der Waals surface area contributed by atoms with Crippen LogP contribution in [-0.4, -0.2) is 14.7 Å². The first-order valence-corrected chi connectivity index (χ1v) is 3.91. The third-order valence-electron chi connectivity index (χ3n) is 0. The molecule has 0 aliphatic heterocycles. The zero-order valence-corrected chi connectivity index (χ0v) is 8.60. The smallest absolute Gasteiger partial charge is 1.00 e. The van der Waals surface area contributed by atoms with Crippen LogP contribution >= 0.6 is 7.82 Å². The van der Waals surface area contributed by atoms with E-state index >= 15 is 0 Å². The maximum atomic E-state index is 9.73. The summed E-state index contributed by atoms with van der Waals surface area (Å²) in [5, 5.41) is 0. The van der Waals surface area contributed by atoms with Gasteiger partial charge in [-0.25, -0.2) is 4.57 Å². The van der Waals surface area contributed by atoms with Gasteiger partial charge in [-0.1, -0.05) is 0 Å². The third kappa shape index (κ3) is 336. The molecule has 0 aliphatic rings. The first-order chi connectivity index (χ1) is 3.73. The molecule has 0 radical (unpaired) electrons. The van der Waals surface area contributed by atoms with Crippen LogP contribution in [0.1, 0.15) is 1.43 Å². The van der Waals surface area contributed by atoms with Gasteiger partial charge >= 0.3 is 63.1 Å². The summed E-state index contributed by atoms with van der Waals surface area (Å²) in [4.78, 5) is 21.6. The van der Waals surface area contributed by atoms with Crippen molar-refractivity contribution in [1.29, 1.82) is 0 Å². The van der Waals surface area contributed by atoms with Gasteiger partial charge in [0.15, 0.2) is 0 Å². The molecule has 0 aromatic carbocycles. The maximum absolute atomic E-state index is 9.73. The van der Waals surface area contributed by atoms with Gasteiger partial charge in [0.2, 0.25) is 0 Å². The average Bonchev–Trinajstić information content (AvgIpc) is 1.19. The van der Waals surface area contributed by atoms with E-state index in [1.807, 2.05) is 0 Å². The quantitative estimate of drug-likeness (QED) is 0.320. The Kier molecular flexibility index (Phi) is 14.9. The number of rotatable bonds is 0. The minimum Gasteiger partial charge on any atom is -1.00 e. The van der Waals surface area contributed by atoms with Gasteiger partial charge in [-0.3, -0.25) is 0 Å². The molecule has 0 fully saturated rings. The van der Waals surface area contributed by atoms with Gasteiger partial charge in [0.25, 0.3) is 0 Å². The second kappa shape index (κ2) is 8.50. The minimum atomic E-state index is -4.64. The Morgan fingerprint density at radius 1 is 1.20 bits per heavy atom. The van der Waals surface area contributed by atoms with E-state index in [9.17, 15) is 10.7 Å². The molecule has 0 rings (SSSR count). The van der Waals surface area contributed by atoms with E-state index in [0.29, 0.717) is 0 Å². The van der Waals surface area contributed by atoms with Crippen molar-refractivity contribution >= 4 is 7.82 Å². The van der Waals surface area contributed by atoms with Gasteiger partial charge in [0.05, 0.1) is 0 Å².